The topological polar surface area (TPSA) is 183 Å². The van der Waals surface area contributed by atoms with Gasteiger partial charge in [0.25, 0.3) is 11.8 Å². The normalized spacial score (nSPS) is 20.7. The molecule has 6 aliphatic heterocycles. The Morgan fingerprint density at radius 3 is 2.13 bits per heavy atom. The number of aromatic nitrogens is 2. The van der Waals surface area contributed by atoms with E-state index in [1.165, 1.54) is 27.9 Å². The molecule has 5 saturated heterocycles. The lowest BCUT2D eigenvalue weighted by Crippen LogP contribution is -2.52. The molecule has 0 saturated carbocycles. The van der Waals surface area contributed by atoms with E-state index in [0.717, 1.165) is 98.2 Å². The SMILES string of the molecule is CN(C=N)C(=N)CC1(c2cccc(-n3cc4c(C(F)(F)F)cc(CN5CCC(C6CCN(C(=O)c7ccc(N8CCN(c9ccc%10c(c9)CN(C9CCC(=O)NC9=O)C%10=O)CC8)cc7)CC6)CC5)cn4c3=O)c2)COC1. The Hall–Kier alpha value is -7.32. The Labute approximate surface area is 437 Å². The number of carbonyl (C=O) groups is 4. The molecule has 6 aliphatic rings. The summed E-state index contributed by atoms with van der Waals surface area (Å²) in [6, 6.07) is 21.3. The molecule has 3 aromatic carbocycles. The van der Waals surface area contributed by atoms with Crippen LogP contribution >= 0.6 is 0 Å². The zero-order valence-corrected chi connectivity index (χ0v) is 42.5. The van der Waals surface area contributed by atoms with Gasteiger partial charge in [-0.1, -0.05) is 12.1 Å². The van der Waals surface area contributed by atoms with E-state index in [0.29, 0.717) is 79.9 Å². The van der Waals surface area contributed by atoms with Crippen molar-refractivity contribution in [3.63, 3.8) is 0 Å². The van der Waals surface area contributed by atoms with Gasteiger partial charge in [-0.15, -0.1) is 0 Å². The molecule has 5 aromatic rings. The van der Waals surface area contributed by atoms with E-state index in [-0.39, 0.29) is 42.0 Å². The summed E-state index contributed by atoms with van der Waals surface area (Å²) in [5.41, 5.74) is 3.54. The van der Waals surface area contributed by atoms with Crippen molar-refractivity contribution in [2.75, 3.05) is 82.4 Å². The predicted molar refractivity (Wildman–Crippen MR) is 279 cm³/mol. The summed E-state index contributed by atoms with van der Waals surface area (Å²) in [5, 5.41) is 18.3. The second-order valence-electron chi connectivity index (χ2n) is 21.5. The largest absolute Gasteiger partial charge is 0.418 e. The Morgan fingerprint density at radius 1 is 0.816 bits per heavy atom. The number of piperidine rings is 3. The van der Waals surface area contributed by atoms with Crippen molar-refractivity contribution >= 4 is 52.7 Å². The second-order valence-corrected chi connectivity index (χ2v) is 21.5. The van der Waals surface area contributed by atoms with Crippen molar-refractivity contribution in [3.8, 4) is 5.69 Å². The standard InChI is InChI=1S/C56H62F3N11O6/c1-63(35-60)49(61)28-55(33-76-34-55)41-3-2-4-44(27-41)68-32-48-46(56(57,58)59)25-36(30-70(48)54(68)75)29-64-17-13-37(14-18-64)38-15-19-67(20-16-38)52(73)39-5-7-42(8-6-39)65-21-23-66(24-22-65)43-9-10-45-40(26-43)31-69(53(45)74)47-11-12-50(71)62-51(47)72/h2-10,25-27,30,32,35,37-38,47,60-61H,11-24,28-29,31,33-34H2,1H3,(H,62,71,72). The van der Waals surface area contributed by atoms with Crippen LogP contribution < -0.4 is 20.8 Å². The van der Waals surface area contributed by atoms with Crippen molar-refractivity contribution in [3.05, 3.63) is 129 Å². The van der Waals surface area contributed by atoms with Crippen LogP contribution in [0.4, 0.5) is 24.5 Å². The third-order valence-electron chi connectivity index (χ3n) is 16.9. The van der Waals surface area contributed by atoms with E-state index < -0.39 is 34.8 Å². The van der Waals surface area contributed by atoms with Crippen LogP contribution in [0.3, 0.4) is 0 Å². The number of halogens is 3. The molecule has 0 spiro atoms. The maximum absolute atomic E-state index is 14.7. The van der Waals surface area contributed by atoms with Crippen LogP contribution in [0.1, 0.15) is 87.9 Å². The summed E-state index contributed by atoms with van der Waals surface area (Å²) in [4.78, 5) is 76.8. The Bertz CT molecular complexity index is 3160. The number of piperazine rings is 1. The quantitative estimate of drug-likeness (QED) is 0.0747. The van der Waals surface area contributed by atoms with Gasteiger partial charge in [0, 0.05) is 113 Å². The number of hydrogen-bond donors (Lipinski definition) is 3. The smallest absolute Gasteiger partial charge is 0.379 e. The number of nitrogens with one attached hydrogen (secondary N) is 3. The van der Waals surface area contributed by atoms with Crippen molar-refractivity contribution < 1.29 is 37.1 Å². The first-order valence-electron chi connectivity index (χ1n) is 26.3. The van der Waals surface area contributed by atoms with Gasteiger partial charge < -0.3 is 29.2 Å². The summed E-state index contributed by atoms with van der Waals surface area (Å²) in [6.07, 6.45) is 3.57. The highest BCUT2D eigenvalue weighted by Gasteiger charge is 2.43. The first-order chi connectivity index (χ1) is 36.5. The molecule has 3 N–H and O–H groups in total. The van der Waals surface area contributed by atoms with Gasteiger partial charge in [0.1, 0.15) is 11.9 Å². The first-order valence-corrected chi connectivity index (χ1v) is 26.3. The summed E-state index contributed by atoms with van der Waals surface area (Å²) in [5.74, 6) is 0.230. The molecule has 0 radical (unpaired) electrons. The fraction of sp³-hybridized carbons (Fsp3) is 0.446. The summed E-state index contributed by atoms with van der Waals surface area (Å²) >= 11 is 0. The minimum atomic E-state index is -4.70. The Balaban J connectivity index is 0.659. The van der Waals surface area contributed by atoms with E-state index in [4.69, 9.17) is 15.6 Å². The van der Waals surface area contributed by atoms with Crippen molar-refractivity contribution in [1.82, 2.24) is 33.9 Å². The molecule has 17 nitrogen and oxygen atoms in total. The predicted octanol–water partition coefficient (Wildman–Crippen LogP) is 6.14. The number of carbonyl (C=O) groups excluding carboxylic acids is 4. The molecule has 8 heterocycles. The number of ether oxygens (including phenoxy) is 1. The van der Waals surface area contributed by atoms with Gasteiger partial charge in [-0.2, -0.15) is 13.2 Å². The molecule has 0 bridgehead atoms. The third kappa shape index (κ3) is 9.76. The van der Waals surface area contributed by atoms with Gasteiger partial charge in [0.15, 0.2) is 0 Å². The van der Waals surface area contributed by atoms with E-state index >= 15 is 0 Å². The molecule has 4 amide bonds. The number of nitrogens with zero attached hydrogens (tertiary/aromatic N) is 8. The molecule has 11 rings (SSSR count). The maximum Gasteiger partial charge on any atom is 0.418 e. The van der Waals surface area contributed by atoms with E-state index in [1.807, 2.05) is 53.4 Å². The molecule has 20 heteroatoms. The highest BCUT2D eigenvalue weighted by Crippen LogP contribution is 2.39. The van der Waals surface area contributed by atoms with Crippen molar-refractivity contribution in [2.45, 2.75) is 75.7 Å². The lowest BCUT2D eigenvalue weighted by atomic mass is 9.75. The van der Waals surface area contributed by atoms with Gasteiger partial charge in [-0.25, -0.2) is 4.79 Å². The third-order valence-corrected chi connectivity index (χ3v) is 16.9. The number of alkyl halides is 3. The number of amides is 4. The zero-order valence-electron chi connectivity index (χ0n) is 42.5. The number of likely N-dealkylation sites (tertiary alicyclic amines) is 2. The summed E-state index contributed by atoms with van der Waals surface area (Å²) < 4.78 is 52.1. The number of hydrogen-bond acceptors (Lipinski definition) is 11. The molecular formula is C56H62F3N11O6. The molecular weight excluding hydrogens is 980 g/mol. The first kappa shape index (κ1) is 50.8. The minimum Gasteiger partial charge on any atom is -0.379 e. The fourth-order valence-corrected chi connectivity index (χ4v) is 12.4. The van der Waals surface area contributed by atoms with Crippen molar-refractivity contribution in [2.24, 2.45) is 11.8 Å². The number of anilines is 2. The number of imide groups is 1. The number of imidazole rings is 1. The Kier molecular flexibility index (Phi) is 13.6. The zero-order chi connectivity index (χ0) is 53.0. The van der Waals surface area contributed by atoms with Crippen LogP contribution in [-0.4, -0.2) is 143 Å². The van der Waals surface area contributed by atoms with Gasteiger partial charge in [-0.3, -0.25) is 49.2 Å². The minimum absolute atomic E-state index is 0.0211. The molecule has 0 aliphatic carbocycles. The van der Waals surface area contributed by atoms with Gasteiger partial charge >= 0.3 is 11.9 Å². The molecule has 1 atom stereocenters. The van der Waals surface area contributed by atoms with Crippen molar-refractivity contribution in [1.29, 1.82) is 10.8 Å². The number of benzene rings is 3. The number of amidine groups is 1. The molecule has 398 valence electrons. The van der Waals surface area contributed by atoms with E-state index in [1.54, 1.807) is 30.1 Å². The van der Waals surface area contributed by atoms with Crippen LogP contribution in [0.15, 0.2) is 90.0 Å². The van der Waals surface area contributed by atoms with E-state index in [2.05, 4.69) is 20.0 Å². The molecule has 76 heavy (non-hydrogen) atoms. The maximum atomic E-state index is 14.7. The number of fused-ring (bicyclic) bond motifs is 2. The highest BCUT2D eigenvalue weighted by molar-refractivity contribution is 6.05. The monoisotopic (exact) mass is 1040 g/mol. The molecule has 5 fully saturated rings. The lowest BCUT2D eigenvalue weighted by molar-refractivity contribution is -0.137. The number of pyridine rings is 1. The Morgan fingerprint density at radius 2 is 1.49 bits per heavy atom. The van der Waals surface area contributed by atoms with Gasteiger partial charge in [-0.05, 0) is 134 Å². The average Bonchev–Trinajstić information content (AvgIpc) is 3.95. The van der Waals surface area contributed by atoms with Crippen LogP contribution in [0.2, 0.25) is 0 Å². The van der Waals surface area contributed by atoms with E-state index in [9.17, 15) is 37.1 Å². The van der Waals surface area contributed by atoms with Crippen LogP contribution in [0.5, 0.6) is 0 Å². The summed E-state index contributed by atoms with van der Waals surface area (Å²) in [6.45, 7) is 7.15. The number of rotatable bonds is 12. The summed E-state index contributed by atoms with van der Waals surface area (Å²) in [7, 11) is 1.62. The van der Waals surface area contributed by atoms with Crippen LogP contribution in [0, 0.1) is 22.7 Å². The van der Waals surface area contributed by atoms with Crippen LogP contribution in [-0.2, 0) is 39.0 Å². The van der Waals surface area contributed by atoms with Crippen LogP contribution in [0.25, 0.3) is 11.2 Å². The van der Waals surface area contributed by atoms with Gasteiger partial charge in [0.2, 0.25) is 11.8 Å². The second kappa shape index (κ2) is 20.3. The molecule has 1 unspecified atom stereocenters. The molecule has 2 aromatic heterocycles. The fourth-order valence-electron chi connectivity index (χ4n) is 12.4. The lowest BCUT2D eigenvalue weighted by Gasteiger charge is -2.42. The average molecular weight is 1040 g/mol. The van der Waals surface area contributed by atoms with Gasteiger partial charge in [0.05, 0.1) is 36.3 Å². The highest BCUT2D eigenvalue weighted by atomic mass is 19.4.